The molecule has 166 valence electrons. The van der Waals surface area contributed by atoms with Gasteiger partial charge in [0.1, 0.15) is 18.2 Å². The lowest BCUT2D eigenvalue weighted by Crippen LogP contribution is -2.51. The maximum atomic E-state index is 11.5. The summed E-state index contributed by atoms with van der Waals surface area (Å²) in [6.07, 6.45) is 9.44. The molecule has 4 unspecified atom stereocenters. The first kappa shape index (κ1) is 21.1. The topological polar surface area (TPSA) is 99.9 Å². The summed E-state index contributed by atoms with van der Waals surface area (Å²) >= 11 is 0. The Morgan fingerprint density at radius 3 is 2.56 bits per heavy atom. The first-order valence-corrected chi connectivity index (χ1v) is 11.9. The molecule has 0 amide bonds. The number of allylic oxidation sites excluding steroid dienone is 1. The first-order valence-electron chi connectivity index (χ1n) is 11.9. The number of nitrogens with zero attached hydrogens (tertiary/aromatic N) is 2. The van der Waals surface area contributed by atoms with E-state index in [1.807, 2.05) is 6.07 Å². The quantitative estimate of drug-likeness (QED) is 0.388. The number of carbonyl (C=O) groups is 1. The van der Waals surface area contributed by atoms with Crippen molar-refractivity contribution in [1.82, 2.24) is 0 Å². The van der Waals surface area contributed by atoms with Crippen molar-refractivity contribution in [1.29, 1.82) is 10.5 Å². The van der Waals surface area contributed by atoms with Gasteiger partial charge < -0.3 is 10.5 Å². The van der Waals surface area contributed by atoms with Crippen molar-refractivity contribution in [3.63, 3.8) is 0 Å². The molecule has 0 radical (unpaired) electrons. The molecule has 5 rings (SSSR count). The van der Waals surface area contributed by atoms with Crippen molar-refractivity contribution in [2.75, 3.05) is 5.73 Å². The number of carbonyl (C=O) groups excluding carboxylic acids is 1. The molecule has 6 atom stereocenters. The van der Waals surface area contributed by atoms with E-state index in [9.17, 15) is 15.3 Å². The fourth-order valence-electron chi connectivity index (χ4n) is 7.98. The Kier molecular flexibility index (Phi) is 4.68. The molecule has 32 heavy (non-hydrogen) atoms. The number of nitrogens with two attached hydrogens (primary N) is 1. The standard InChI is InChI=1S/C27H31N3O2/c1-15(31)32-19-6-8-26(2)18(12-19)4-5-20-22(26)7-9-27(3)23(20)11-16-10-17(13-28)25(30)21(14-29)24(16)27/h4,10,19-20,22-23H,5-9,11-12,30H2,1-3H3/t19?,20?,22?,23?,26-,27-/m0/s1. The monoisotopic (exact) mass is 429 g/mol. The summed E-state index contributed by atoms with van der Waals surface area (Å²) in [7, 11) is 0. The van der Waals surface area contributed by atoms with E-state index >= 15 is 0 Å². The normalized spacial score (nSPS) is 37.0. The average Bonchev–Trinajstić information content (AvgIpc) is 3.05. The molecule has 1 aromatic rings. The highest BCUT2D eigenvalue weighted by atomic mass is 16.5. The lowest BCUT2D eigenvalue weighted by Gasteiger charge is -2.57. The highest BCUT2D eigenvalue weighted by molar-refractivity contribution is 5.71. The number of hydrogen-bond donors (Lipinski definition) is 1. The lowest BCUT2D eigenvalue weighted by atomic mass is 9.47. The van der Waals surface area contributed by atoms with Crippen molar-refractivity contribution >= 4 is 11.7 Å². The third-order valence-corrected chi connectivity index (χ3v) is 9.47. The zero-order valence-corrected chi connectivity index (χ0v) is 19.2. The van der Waals surface area contributed by atoms with E-state index in [4.69, 9.17) is 10.5 Å². The number of fused-ring (bicyclic) bond motifs is 7. The average molecular weight is 430 g/mol. The number of esters is 1. The molecule has 1 aromatic carbocycles. The largest absolute Gasteiger partial charge is 0.462 e. The molecule has 0 aliphatic heterocycles. The van der Waals surface area contributed by atoms with Crippen molar-refractivity contribution in [2.24, 2.45) is 23.2 Å². The van der Waals surface area contributed by atoms with Crippen LogP contribution < -0.4 is 5.73 Å². The molecule has 2 fully saturated rings. The van der Waals surface area contributed by atoms with Crippen LogP contribution in [0.25, 0.3) is 0 Å². The first-order chi connectivity index (χ1) is 15.2. The van der Waals surface area contributed by atoms with E-state index in [1.165, 1.54) is 12.5 Å². The van der Waals surface area contributed by atoms with Gasteiger partial charge >= 0.3 is 5.97 Å². The fraction of sp³-hybridized carbons (Fsp3) is 0.593. The van der Waals surface area contributed by atoms with E-state index in [0.717, 1.165) is 56.1 Å². The van der Waals surface area contributed by atoms with Gasteiger partial charge in [-0.05, 0) is 84.3 Å². The van der Waals surface area contributed by atoms with Crippen molar-refractivity contribution in [3.05, 3.63) is 40.0 Å². The molecule has 4 aliphatic rings. The molecule has 2 N–H and O–H groups in total. The van der Waals surface area contributed by atoms with Crippen LogP contribution in [0.5, 0.6) is 0 Å². The predicted molar refractivity (Wildman–Crippen MR) is 121 cm³/mol. The highest BCUT2D eigenvalue weighted by Gasteiger charge is 2.58. The summed E-state index contributed by atoms with van der Waals surface area (Å²) in [6, 6.07) is 6.48. The number of ether oxygens (including phenoxy) is 1. The molecule has 5 heteroatoms. The van der Waals surface area contributed by atoms with E-state index in [2.05, 4.69) is 32.1 Å². The molecular weight excluding hydrogens is 398 g/mol. The van der Waals surface area contributed by atoms with Crippen LogP contribution in [0.3, 0.4) is 0 Å². The second-order valence-corrected chi connectivity index (χ2v) is 10.9. The van der Waals surface area contributed by atoms with E-state index < -0.39 is 0 Å². The van der Waals surface area contributed by atoms with Crippen LogP contribution in [0.1, 0.15) is 81.5 Å². The number of benzene rings is 1. The van der Waals surface area contributed by atoms with E-state index in [1.54, 1.807) is 0 Å². The third-order valence-electron chi connectivity index (χ3n) is 9.47. The van der Waals surface area contributed by atoms with Crippen LogP contribution in [0.15, 0.2) is 17.7 Å². The second-order valence-electron chi connectivity index (χ2n) is 10.9. The van der Waals surface area contributed by atoms with Gasteiger partial charge in [-0.25, -0.2) is 0 Å². The fourth-order valence-corrected chi connectivity index (χ4v) is 7.98. The minimum absolute atomic E-state index is 0.0125. The minimum Gasteiger partial charge on any atom is -0.462 e. The third kappa shape index (κ3) is 2.77. The van der Waals surface area contributed by atoms with Gasteiger partial charge in [-0.3, -0.25) is 4.79 Å². The number of hydrogen-bond acceptors (Lipinski definition) is 5. The Morgan fingerprint density at radius 1 is 1.12 bits per heavy atom. The van der Waals surface area contributed by atoms with Crippen LogP contribution in [-0.4, -0.2) is 12.1 Å². The minimum atomic E-state index is -0.186. The van der Waals surface area contributed by atoms with Gasteiger partial charge in [0.15, 0.2) is 0 Å². The highest BCUT2D eigenvalue weighted by Crippen LogP contribution is 2.65. The Balaban J connectivity index is 1.51. The summed E-state index contributed by atoms with van der Waals surface area (Å²) in [5.74, 6) is 1.43. The molecule has 0 heterocycles. The zero-order valence-electron chi connectivity index (χ0n) is 19.2. The van der Waals surface area contributed by atoms with Gasteiger partial charge in [0.2, 0.25) is 0 Å². The Morgan fingerprint density at radius 2 is 1.88 bits per heavy atom. The van der Waals surface area contributed by atoms with E-state index in [0.29, 0.717) is 34.6 Å². The van der Waals surface area contributed by atoms with Crippen LogP contribution in [0.2, 0.25) is 0 Å². The molecule has 0 saturated heterocycles. The number of nitrogen functional groups attached to an aromatic ring is 1. The Bertz CT molecular complexity index is 1120. The molecule has 2 saturated carbocycles. The SMILES string of the molecule is CC(=O)OC1CC[C@@]2(C)C(=CCC3C2CC[C@]2(C)c4c(cc(C#N)c(N)c4C#N)CC32)C1. The van der Waals surface area contributed by atoms with Crippen LogP contribution in [-0.2, 0) is 21.4 Å². The molecule has 5 nitrogen and oxygen atoms in total. The van der Waals surface area contributed by atoms with Crippen LogP contribution >= 0.6 is 0 Å². The Hall–Kier alpha value is -2.79. The van der Waals surface area contributed by atoms with Crippen molar-refractivity contribution < 1.29 is 9.53 Å². The van der Waals surface area contributed by atoms with Crippen molar-refractivity contribution in [3.8, 4) is 12.1 Å². The number of nitriles is 2. The zero-order chi connectivity index (χ0) is 22.8. The van der Waals surface area contributed by atoms with Gasteiger partial charge in [0.05, 0.1) is 16.8 Å². The molecule has 0 spiro atoms. The predicted octanol–water partition coefficient (Wildman–Crippen LogP) is 4.92. The summed E-state index contributed by atoms with van der Waals surface area (Å²) < 4.78 is 5.56. The molecule has 0 bridgehead atoms. The van der Waals surface area contributed by atoms with Gasteiger partial charge in [-0.15, -0.1) is 0 Å². The second kappa shape index (κ2) is 7.11. The number of rotatable bonds is 1. The van der Waals surface area contributed by atoms with Gasteiger partial charge in [0.25, 0.3) is 0 Å². The van der Waals surface area contributed by atoms with Crippen LogP contribution in [0.4, 0.5) is 5.69 Å². The molecule has 4 aliphatic carbocycles. The molecule has 0 aromatic heterocycles. The molecular formula is C27H31N3O2. The van der Waals surface area contributed by atoms with Gasteiger partial charge in [0, 0.05) is 13.3 Å². The maximum absolute atomic E-state index is 11.5. The lowest BCUT2D eigenvalue weighted by molar-refractivity contribution is -0.148. The Labute approximate surface area is 190 Å². The summed E-state index contributed by atoms with van der Waals surface area (Å²) in [5.41, 5.74) is 11.4. The summed E-state index contributed by atoms with van der Waals surface area (Å²) in [6.45, 7) is 6.25. The van der Waals surface area contributed by atoms with Crippen molar-refractivity contribution in [2.45, 2.75) is 77.2 Å². The maximum Gasteiger partial charge on any atom is 0.302 e. The summed E-state index contributed by atoms with van der Waals surface area (Å²) in [5, 5.41) is 19.5. The van der Waals surface area contributed by atoms with E-state index in [-0.39, 0.29) is 22.9 Å². The van der Waals surface area contributed by atoms with Crippen LogP contribution in [0, 0.1) is 45.8 Å². The number of anilines is 1. The summed E-state index contributed by atoms with van der Waals surface area (Å²) in [4.78, 5) is 11.5. The van der Waals surface area contributed by atoms with Gasteiger partial charge in [-0.2, -0.15) is 10.5 Å². The van der Waals surface area contributed by atoms with Gasteiger partial charge in [-0.1, -0.05) is 25.5 Å². The smallest absolute Gasteiger partial charge is 0.302 e.